The van der Waals surface area contributed by atoms with Crippen molar-refractivity contribution in [2.45, 2.75) is 49.6 Å². The maximum atomic E-state index is 12.7. The largest absolute Gasteiger partial charge is 0.352 e. The lowest BCUT2D eigenvalue weighted by Crippen LogP contribution is -2.38. The molecule has 0 aliphatic heterocycles. The molecule has 1 aliphatic carbocycles. The lowest BCUT2D eigenvalue weighted by Gasteiger charge is -2.30. The van der Waals surface area contributed by atoms with Crippen LogP contribution in [0.15, 0.2) is 17.2 Å². The zero-order valence-electron chi connectivity index (χ0n) is 12.6. The Morgan fingerprint density at radius 3 is 2.60 bits per heavy atom. The second kappa shape index (κ2) is 6.28. The van der Waals surface area contributed by atoms with Crippen LogP contribution >= 0.6 is 0 Å². The first-order valence-corrected chi connectivity index (χ1v) is 8.68. The van der Waals surface area contributed by atoms with E-state index in [1.807, 2.05) is 18.7 Å². The highest BCUT2D eigenvalue weighted by Gasteiger charge is 2.30. The van der Waals surface area contributed by atoms with Crippen molar-refractivity contribution in [1.29, 1.82) is 0 Å². The van der Waals surface area contributed by atoms with Crippen LogP contribution in [0.25, 0.3) is 0 Å². The summed E-state index contributed by atoms with van der Waals surface area (Å²) >= 11 is 0. The van der Waals surface area contributed by atoms with Gasteiger partial charge in [0.25, 0.3) is 0 Å². The molecule has 20 heavy (non-hydrogen) atoms. The number of hydrogen-bond acceptors (Lipinski definition) is 3. The predicted octanol–water partition coefficient (Wildman–Crippen LogP) is 1.70. The van der Waals surface area contributed by atoms with E-state index in [-0.39, 0.29) is 6.04 Å². The summed E-state index contributed by atoms with van der Waals surface area (Å²) in [4.78, 5) is 0.401. The Balaban J connectivity index is 2.22. The average molecular weight is 299 g/mol. The molecule has 0 aromatic carbocycles. The summed E-state index contributed by atoms with van der Waals surface area (Å²) in [5, 5.41) is 3.05. The fourth-order valence-electron chi connectivity index (χ4n) is 2.88. The molecule has 1 aromatic heterocycles. The number of rotatable bonds is 5. The van der Waals surface area contributed by atoms with Crippen LogP contribution in [0.5, 0.6) is 0 Å². The minimum atomic E-state index is -3.37. The van der Waals surface area contributed by atoms with Crippen molar-refractivity contribution in [3.63, 3.8) is 0 Å². The lowest BCUT2D eigenvalue weighted by molar-refractivity contribution is 0.286. The highest BCUT2D eigenvalue weighted by atomic mass is 32.2. The van der Waals surface area contributed by atoms with Crippen LogP contribution in [0, 0.1) is 0 Å². The molecule has 0 atom stereocenters. The lowest BCUT2D eigenvalue weighted by atomic mass is 9.96. The van der Waals surface area contributed by atoms with Gasteiger partial charge in [-0.3, -0.25) is 0 Å². The van der Waals surface area contributed by atoms with Crippen molar-refractivity contribution in [3.05, 3.63) is 18.0 Å². The van der Waals surface area contributed by atoms with Gasteiger partial charge in [-0.1, -0.05) is 19.3 Å². The second-order valence-corrected chi connectivity index (χ2v) is 7.62. The molecular weight excluding hydrogens is 274 g/mol. The van der Waals surface area contributed by atoms with Crippen molar-refractivity contribution < 1.29 is 8.42 Å². The fourth-order valence-corrected chi connectivity index (χ4v) is 4.39. The van der Waals surface area contributed by atoms with Gasteiger partial charge in [-0.15, -0.1) is 0 Å². The SMILES string of the molecule is CNCc1cc(S(=O)(=O)N(C)C2CCCCC2)cn1C. The molecule has 1 fully saturated rings. The molecule has 0 unspecified atom stereocenters. The molecule has 114 valence electrons. The van der Waals surface area contributed by atoms with Gasteiger partial charge in [-0.2, -0.15) is 4.31 Å². The van der Waals surface area contributed by atoms with Crippen LogP contribution < -0.4 is 5.32 Å². The summed E-state index contributed by atoms with van der Waals surface area (Å²) < 4.78 is 28.8. The van der Waals surface area contributed by atoms with Gasteiger partial charge < -0.3 is 9.88 Å². The number of hydrogen-bond donors (Lipinski definition) is 1. The van der Waals surface area contributed by atoms with Crippen LogP contribution in [0.4, 0.5) is 0 Å². The average Bonchev–Trinajstić information content (AvgIpc) is 2.81. The fraction of sp³-hybridized carbons (Fsp3) is 0.714. The molecule has 1 aliphatic rings. The maximum absolute atomic E-state index is 12.7. The van der Waals surface area contributed by atoms with Gasteiger partial charge in [0.15, 0.2) is 0 Å². The van der Waals surface area contributed by atoms with Crippen molar-refractivity contribution in [3.8, 4) is 0 Å². The number of nitrogens with zero attached hydrogens (tertiary/aromatic N) is 2. The summed E-state index contributed by atoms with van der Waals surface area (Å²) in [6, 6.07) is 1.92. The topological polar surface area (TPSA) is 54.3 Å². The van der Waals surface area contributed by atoms with E-state index in [9.17, 15) is 8.42 Å². The van der Waals surface area contributed by atoms with Crippen LogP contribution in [0.3, 0.4) is 0 Å². The van der Waals surface area contributed by atoms with E-state index in [4.69, 9.17) is 0 Å². The van der Waals surface area contributed by atoms with Crippen molar-refractivity contribution in [2.75, 3.05) is 14.1 Å². The van der Waals surface area contributed by atoms with Gasteiger partial charge in [-0.05, 0) is 26.0 Å². The van der Waals surface area contributed by atoms with Gasteiger partial charge in [0.1, 0.15) is 4.90 Å². The third-order valence-electron chi connectivity index (χ3n) is 4.21. The van der Waals surface area contributed by atoms with Gasteiger partial charge >= 0.3 is 0 Å². The van der Waals surface area contributed by atoms with E-state index in [0.717, 1.165) is 31.4 Å². The summed E-state index contributed by atoms with van der Waals surface area (Å²) in [6.45, 7) is 0.666. The molecule has 2 rings (SSSR count). The van der Waals surface area contributed by atoms with Gasteiger partial charge in [-0.25, -0.2) is 8.42 Å². The third-order valence-corrected chi connectivity index (χ3v) is 6.08. The molecule has 0 bridgehead atoms. The Kier molecular flexibility index (Phi) is 4.88. The van der Waals surface area contributed by atoms with Crippen molar-refractivity contribution in [2.24, 2.45) is 7.05 Å². The van der Waals surface area contributed by atoms with E-state index in [1.165, 1.54) is 6.42 Å². The molecule has 6 heteroatoms. The minimum Gasteiger partial charge on any atom is -0.352 e. The Morgan fingerprint density at radius 2 is 2.00 bits per heavy atom. The molecule has 5 nitrogen and oxygen atoms in total. The van der Waals surface area contributed by atoms with Crippen molar-refractivity contribution >= 4 is 10.0 Å². The van der Waals surface area contributed by atoms with Gasteiger partial charge in [0.05, 0.1) is 0 Å². The van der Waals surface area contributed by atoms with Gasteiger partial charge in [0, 0.05) is 38.6 Å². The van der Waals surface area contributed by atoms with Crippen LogP contribution in [-0.2, 0) is 23.6 Å². The summed E-state index contributed by atoms with van der Waals surface area (Å²) in [5.41, 5.74) is 0.975. The first-order valence-electron chi connectivity index (χ1n) is 7.24. The van der Waals surface area contributed by atoms with Crippen LogP contribution in [-0.4, -0.2) is 37.4 Å². The summed E-state index contributed by atoms with van der Waals surface area (Å²) in [7, 11) is 2.08. The molecule has 1 N–H and O–H groups in total. The summed E-state index contributed by atoms with van der Waals surface area (Å²) in [5.74, 6) is 0. The van der Waals surface area contributed by atoms with Gasteiger partial charge in [0.2, 0.25) is 10.0 Å². The van der Waals surface area contributed by atoms with E-state index < -0.39 is 10.0 Å². The zero-order valence-corrected chi connectivity index (χ0v) is 13.4. The quantitative estimate of drug-likeness (QED) is 0.900. The number of aryl methyl sites for hydroxylation is 1. The Labute approximate surface area is 122 Å². The van der Waals surface area contributed by atoms with E-state index in [1.54, 1.807) is 23.6 Å². The number of aromatic nitrogens is 1. The third kappa shape index (κ3) is 3.07. The summed E-state index contributed by atoms with van der Waals surface area (Å²) in [6.07, 6.45) is 7.15. The number of sulfonamides is 1. The van der Waals surface area contributed by atoms with Crippen LogP contribution in [0.1, 0.15) is 37.8 Å². The maximum Gasteiger partial charge on any atom is 0.244 e. The van der Waals surface area contributed by atoms with E-state index in [2.05, 4.69) is 5.32 Å². The Morgan fingerprint density at radius 1 is 1.35 bits per heavy atom. The molecule has 0 amide bonds. The zero-order chi connectivity index (χ0) is 14.8. The highest BCUT2D eigenvalue weighted by molar-refractivity contribution is 7.89. The minimum absolute atomic E-state index is 0.154. The smallest absolute Gasteiger partial charge is 0.244 e. The highest BCUT2D eigenvalue weighted by Crippen LogP contribution is 2.27. The Bertz CT molecular complexity index is 545. The molecule has 0 saturated heterocycles. The normalized spacial score (nSPS) is 17.8. The molecular formula is C14H25N3O2S. The molecule has 0 spiro atoms. The standard InChI is InChI=1S/C14H25N3O2S/c1-15-10-13-9-14(11-16(13)2)20(18,19)17(3)12-7-5-4-6-8-12/h9,11-12,15H,4-8,10H2,1-3H3. The second-order valence-electron chi connectivity index (χ2n) is 5.62. The Hall–Kier alpha value is -0.850. The van der Waals surface area contributed by atoms with E-state index in [0.29, 0.717) is 11.4 Å². The molecule has 0 radical (unpaired) electrons. The monoisotopic (exact) mass is 299 g/mol. The number of nitrogens with one attached hydrogen (secondary N) is 1. The van der Waals surface area contributed by atoms with Crippen molar-refractivity contribution in [1.82, 2.24) is 14.2 Å². The predicted molar refractivity (Wildman–Crippen MR) is 80.0 cm³/mol. The van der Waals surface area contributed by atoms with Crippen LogP contribution in [0.2, 0.25) is 0 Å². The first kappa shape index (κ1) is 15.5. The first-order chi connectivity index (χ1) is 9.46. The van der Waals surface area contributed by atoms with E-state index >= 15 is 0 Å². The molecule has 1 heterocycles. The molecule has 1 aromatic rings. The molecule has 1 saturated carbocycles.